The molecule has 0 heterocycles. The normalized spacial score (nSPS) is 14.8. The van der Waals surface area contributed by atoms with Crippen molar-refractivity contribution in [3.8, 4) is 0 Å². The van der Waals surface area contributed by atoms with Gasteiger partial charge >= 0.3 is 0 Å². The number of halogens is 1. The Bertz CT molecular complexity index is 279. The van der Waals surface area contributed by atoms with Crippen LogP contribution in [0.3, 0.4) is 0 Å². The van der Waals surface area contributed by atoms with Crippen molar-refractivity contribution in [3.05, 3.63) is 41.5 Å². The number of hydrogen-bond donors (Lipinski definition) is 0. The van der Waals surface area contributed by atoms with Crippen LogP contribution in [0.4, 0.5) is 0 Å². The van der Waals surface area contributed by atoms with Crippen LogP contribution in [0.25, 0.3) is 4.48 Å². The molecule has 0 atom stereocenters. The van der Waals surface area contributed by atoms with Gasteiger partial charge in [0.15, 0.2) is 0 Å². The summed E-state index contributed by atoms with van der Waals surface area (Å²) in [6.07, 6.45) is 2.55. The van der Waals surface area contributed by atoms with E-state index in [1.807, 2.05) is 6.07 Å². The van der Waals surface area contributed by atoms with Gasteiger partial charge in [0.05, 0.1) is 0 Å². The van der Waals surface area contributed by atoms with E-state index in [0.717, 1.165) is 0 Å². The van der Waals surface area contributed by atoms with Gasteiger partial charge in [0, 0.05) is 4.48 Å². The molecule has 1 aromatic carbocycles. The maximum atomic E-state index is 3.59. The predicted molar refractivity (Wildman–Crippen MR) is 51.5 cm³/mol. The quantitative estimate of drug-likeness (QED) is 0.662. The van der Waals surface area contributed by atoms with E-state index in [9.17, 15) is 0 Å². The monoisotopic (exact) mass is 208 g/mol. The summed E-state index contributed by atoms with van der Waals surface area (Å²) in [6.45, 7) is 0. The smallest absolute Gasteiger partial charge is 0.0239 e. The molecule has 0 saturated heterocycles. The van der Waals surface area contributed by atoms with Crippen molar-refractivity contribution < 1.29 is 0 Å². The van der Waals surface area contributed by atoms with Crippen LogP contribution in [0.15, 0.2) is 35.9 Å². The van der Waals surface area contributed by atoms with Gasteiger partial charge in [-0.25, -0.2) is 0 Å². The van der Waals surface area contributed by atoms with Crippen molar-refractivity contribution >= 4 is 20.4 Å². The Balaban J connectivity index is 2.37. The van der Waals surface area contributed by atoms with Gasteiger partial charge in [-0.1, -0.05) is 51.8 Å². The van der Waals surface area contributed by atoms with Crippen LogP contribution in [0.5, 0.6) is 0 Å². The Labute approximate surface area is 75.1 Å². The molecule has 11 heavy (non-hydrogen) atoms. The zero-order chi connectivity index (χ0) is 7.68. The first-order valence-corrected chi connectivity index (χ1v) is 4.60. The van der Waals surface area contributed by atoms with E-state index in [1.165, 1.54) is 22.9 Å². The van der Waals surface area contributed by atoms with E-state index in [2.05, 4.69) is 40.2 Å². The van der Waals surface area contributed by atoms with Crippen LogP contribution in [-0.4, -0.2) is 0 Å². The average Bonchev–Trinajstić information content (AvgIpc) is 2.87. The molecule has 0 unspecified atom stereocenters. The molecular formula is C10H9Br. The molecule has 56 valence electrons. The van der Waals surface area contributed by atoms with Crippen molar-refractivity contribution in [1.29, 1.82) is 0 Å². The van der Waals surface area contributed by atoms with Crippen molar-refractivity contribution in [2.45, 2.75) is 12.8 Å². The van der Waals surface area contributed by atoms with E-state index in [4.69, 9.17) is 0 Å². The highest BCUT2D eigenvalue weighted by molar-refractivity contribution is 9.15. The fourth-order valence-electron chi connectivity index (χ4n) is 1.07. The molecule has 1 aliphatic rings. The zero-order valence-corrected chi connectivity index (χ0v) is 7.76. The highest BCUT2D eigenvalue weighted by atomic mass is 79.9. The van der Waals surface area contributed by atoms with Gasteiger partial charge in [-0.05, 0) is 18.4 Å². The molecular weight excluding hydrogens is 200 g/mol. The zero-order valence-electron chi connectivity index (χ0n) is 6.18. The molecule has 0 nitrogen and oxygen atoms in total. The lowest BCUT2D eigenvalue weighted by Gasteiger charge is -1.96. The number of allylic oxidation sites excluding steroid dienone is 1. The summed E-state index contributed by atoms with van der Waals surface area (Å²) < 4.78 is 1.30. The Morgan fingerprint density at radius 3 is 2.27 bits per heavy atom. The summed E-state index contributed by atoms with van der Waals surface area (Å²) >= 11 is 3.59. The van der Waals surface area contributed by atoms with Gasteiger partial charge in [-0.3, -0.25) is 0 Å². The third-order valence-corrected chi connectivity index (χ3v) is 2.86. The van der Waals surface area contributed by atoms with E-state index >= 15 is 0 Å². The van der Waals surface area contributed by atoms with Gasteiger partial charge in [-0.15, -0.1) is 0 Å². The summed E-state index contributed by atoms with van der Waals surface area (Å²) in [4.78, 5) is 0. The minimum absolute atomic E-state index is 1.27. The summed E-state index contributed by atoms with van der Waals surface area (Å²) in [7, 11) is 0. The van der Waals surface area contributed by atoms with Crippen molar-refractivity contribution in [3.63, 3.8) is 0 Å². The number of rotatable bonds is 1. The van der Waals surface area contributed by atoms with Crippen LogP contribution >= 0.6 is 15.9 Å². The first-order chi connectivity index (χ1) is 5.38. The molecule has 0 amide bonds. The molecule has 0 aliphatic heterocycles. The molecule has 1 aromatic rings. The first-order valence-electron chi connectivity index (χ1n) is 3.81. The van der Waals surface area contributed by atoms with Gasteiger partial charge in [0.2, 0.25) is 0 Å². The van der Waals surface area contributed by atoms with Crippen LogP contribution in [0.2, 0.25) is 0 Å². The summed E-state index contributed by atoms with van der Waals surface area (Å²) in [5.41, 5.74) is 2.86. The average molecular weight is 209 g/mol. The molecule has 0 bridgehead atoms. The lowest BCUT2D eigenvalue weighted by molar-refractivity contribution is 1.50. The Hall–Kier alpha value is -0.560. The van der Waals surface area contributed by atoms with Crippen molar-refractivity contribution in [2.75, 3.05) is 0 Å². The maximum Gasteiger partial charge on any atom is 0.0239 e. The van der Waals surface area contributed by atoms with E-state index in [-0.39, 0.29) is 0 Å². The molecule has 2 rings (SSSR count). The van der Waals surface area contributed by atoms with Crippen molar-refractivity contribution in [1.82, 2.24) is 0 Å². The topological polar surface area (TPSA) is 0 Å². The van der Waals surface area contributed by atoms with Gasteiger partial charge in [0.25, 0.3) is 0 Å². The molecule has 1 aliphatic carbocycles. The van der Waals surface area contributed by atoms with E-state index < -0.39 is 0 Å². The fourth-order valence-corrected chi connectivity index (χ4v) is 1.73. The summed E-state index contributed by atoms with van der Waals surface area (Å²) in [5, 5.41) is 0. The second kappa shape index (κ2) is 2.82. The SMILES string of the molecule is BrC(=C1CC1)c1ccccc1. The first kappa shape index (κ1) is 7.11. The highest BCUT2D eigenvalue weighted by Gasteiger charge is 2.16. The van der Waals surface area contributed by atoms with Crippen LogP contribution in [0, 0.1) is 0 Å². The summed E-state index contributed by atoms with van der Waals surface area (Å²) in [6, 6.07) is 10.4. The lowest BCUT2D eigenvalue weighted by Crippen LogP contribution is -1.72. The molecule has 1 saturated carbocycles. The molecule has 0 spiro atoms. The van der Waals surface area contributed by atoms with Gasteiger partial charge in [-0.2, -0.15) is 0 Å². The second-order valence-electron chi connectivity index (χ2n) is 2.78. The van der Waals surface area contributed by atoms with Gasteiger partial charge < -0.3 is 0 Å². The Morgan fingerprint density at radius 1 is 1.09 bits per heavy atom. The Kier molecular flexibility index (Phi) is 1.82. The molecule has 0 radical (unpaired) electrons. The Morgan fingerprint density at radius 2 is 1.73 bits per heavy atom. The van der Waals surface area contributed by atoms with Crippen molar-refractivity contribution in [2.24, 2.45) is 0 Å². The minimum Gasteiger partial charge on any atom is -0.0622 e. The predicted octanol–water partition coefficient (Wildman–Crippen LogP) is 3.59. The fraction of sp³-hybridized carbons (Fsp3) is 0.200. The number of benzene rings is 1. The van der Waals surface area contributed by atoms with Crippen LogP contribution < -0.4 is 0 Å². The van der Waals surface area contributed by atoms with E-state index in [0.29, 0.717) is 0 Å². The van der Waals surface area contributed by atoms with Gasteiger partial charge in [0.1, 0.15) is 0 Å². The highest BCUT2D eigenvalue weighted by Crippen LogP contribution is 2.39. The molecule has 1 heteroatoms. The summed E-state index contributed by atoms with van der Waals surface area (Å²) in [5.74, 6) is 0. The second-order valence-corrected chi connectivity index (χ2v) is 3.58. The third kappa shape index (κ3) is 1.54. The largest absolute Gasteiger partial charge is 0.0622 e. The number of hydrogen-bond acceptors (Lipinski definition) is 0. The molecule has 1 fully saturated rings. The van der Waals surface area contributed by atoms with Crippen LogP contribution in [-0.2, 0) is 0 Å². The minimum atomic E-state index is 1.27. The molecule has 0 aromatic heterocycles. The maximum absolute atomic E-state index is 3.59. The lowest BCUT2D eigenvalue weighted by atomic mass is 10.2. The third-order valence-electron chi connectivity index (χ3n) is 1.84. The standard InChI is InChI=1S/C10H9Br/c11-10(9-6-7-9)8-4-2-1-3-5-8/h1-5H,6-7H2. The molecule has 0 N–H and O–H groups in total. The van der Waals surface area contributed by atoms with E-state index in [1.54, 1.807) is 5.57 Å². The van der Waals surface area contributed by atoms with Crippen LogP contribution in [0.1, 0.15) is 18.4 Å².